The third-order valence-electron chi connectivity index (χ3n) is 7.24. The number of carbonyl (C=O) groups excluding carboxylic acids is 5. The van der Waals surface area contributed by atoms with E-state index in [0.29, 0.717) is 11.1 Å². The number of carbonyl (C=O) groups is 5. The van der Waals surface area contributed by atoms with Gasteiger partial charge in [-0.2, -0.15) is 0 Å². The van der Waals surface area contributed by atoms with Crippen LogP contribution in [0.25, 0.3) is 0 Å². The standard InChI is InChI=1S/C22H25N3O7/c1-25(2)15-11-6-10-5-8-3-4-9(7-23)16(26)12(8)17(27)13(10)19(29)22(11,32)20(30)14(18(15)28)21(24)31/h3-4,10-11,13-15,26,32H,5-7,23H2,1-2H3,(H2,24,31)/t10?,11?,13?,14?,15-,22-/m0/s1. The van der Waals surface area contributed by atoms with Crippen LogP contribution in [0.4, 0.5) is 0 Å². The van der Waals surface area contributed by atoms with Crippen LogP contribution in [0.1, 0.15) is 27.9 Å². The number of likely N-dealkylation sites (N-methyl/N-ethyl adjacent to an activating group) is 1. The zero-order valence-electron chi connectivity index (χ0n) is 17.7. The molecule has 170 valence electrons. The topological polar surface area (TPSA) is 181 Å². The molecule has 6 atom stereocenters. The molecule has 3 aliphatic carbocycles. The second-order valence-corrected chi connectivity index (χ2v) is 9.10. The van der Waals surface area contributed by atoms with Crippen LogP contribution in [0.3, 0.4) is 0 Å². The summed E-state index contributed by atoms with van der Waals surface area (Å²) < 4.78 is 0. The van der Waals surface area contributed by atoms with Gasteiger partial charge in [-0.1, -0.05) is 12.1 Å². The molecule has 0 spiro atoms. The van der Waals surface area contributed by atoms with Crippen molar-refractivity contribution in [1.82, 2.24) is 4.90 Å². The Balaban J connectivity index is 1.86. The Morgan fingerprint density at radius 2 is 1.84 bits per heavy atom. The highest BCUT2D eigenvalue weighted by Crippen LogP contribution is 2.50. The van der Waals surface area contributed by atoms with E-state index < -0.39 is 64.4 Å². The van der Waals surface area contributed by atoms with Crippen molar-refractivity contribution in [2.75, 3.05) is 14.1 Å². The summed E-state index contributed by atoms with van der Waals surface area (Å²) in [5.74, 6) is -10.5. The fraction of sp³-hybridized carbons (Fsp3) is 0.500. The summed E-state index contributed by atoms with van der Waals surface area (Å²) in [5, 5.41) is 22.0. The molecule has 0 heterocycles. The van der Waals surface area contributed by atoms with E-state index >= 15 is 0 Å². The molecule has 32 heavy (non-hydrogen) atoms. The van der Waals surface area contributed by atoms with E-state index in [1.54, 1.807) is 26.2 Å². The lowest BCUT2D eigenvalue weighted by Gasteiger charge is -2.52. The highest BCUT2D eigenvalue weighted by Gasteiger charge is 2.69. The van der Waals surface area contributed by atoms with Gasteiger partial charge in [-0.25, -0.2) is 0 Å². The predicted molar refractivity (Wildman–Crippen MR) is 109 cm³/mol. The normalized spacial score (nSPS) is 34.2. The number of Topliss-reactive ketones (excluding diaryl/α,β-unsaturated/α-hetero) is 4. The molecule has 1 aromatic carbocycles. The lowest BCUT2D eigenvalue weighted by Crippen LogP contribution is -2.74. The van der Waals surface area contributed by atoms with Crippen LogP contribution in [0.15, 0.2) is 12.1 Å². The van der Waals surface area contributed by atoms with E-state index in [0.717, 1.165) is 0 Å². The SMILES string of the molecule is CN(C)[C@@H]1C(=O)C(C(N)=O)C(=O)[C@@]2(O)C(=O)C3C(=O)c4c(ccc(CN)c4O)CC3CC12. The molecule has 2 fully saturated rings. The molecule has 0 radical (unpaired) electrons. The van der Waals surface area contributed by atoms with Crippen molar-refractivity contribution in [3.05, 3.63) is 28.8 Å². The summed E-state index contributed by atoms with van der Waals surface area (Å²) in [6.45, 7) is -0.0220. The number of hydrogen-bond acceptors (Lipinski definition) is 9. The third-order valence-corrected chi connectivity index (χ3v) is 7.24. The van der Waals surface area contributed by atoms with Crippen molar-refractivity contribution in [3.8, 4) is 5.75 Å². The Bertz CT molecular complexity index is 1080. The van der Waals surface area contributed by atoms with Gasteiger partial charge in [0.05, 0.1) is 17.5 Å². The molecule has 0 bridgehead atoms. The number of aliphatic hydroxyl groups is 1. The van der Waals surface area contributed by atoms with E-state index in [-0.39, 0.29) is 30.7 Å². The first kappa shape index (κ1) is 22.3. The Kier molecular flexibility index (Phi) is 5.07. The summed E-state index contributed by atoms with van der Waals surface area (Å²) in [6.07, 6.45) is 0.271. The van der Waals surface area contributed by atoms with Crippen LogP contribution in [-0.2, 0) is 32.1 Å². The van der Waals surface area contributed by atoms with Crippen molar-refractivity contribution in [2.24, 2.45) is 35.1 Å². The average molecular weight is 443 g/mol. The number of nitrogens with zero attached hydrogens (tertiary/aromatic N) is 1. The molecule has 0 saturated heterocycles. The van der Waals surface area contributed by atoms with Crippen LogP contribution in [-0.4, -0.2) is 69.9 Å². The first-order valence-corrected chi connectivity index (χ1v) is 10.3. The lowest BCUT2D eigenvalue weighted by molar-refractivity contribution is -0.181. The number of benzene rings is 1. The molecule has 6 N–H and O–H groups in total. The summed E-state index contributed by atoms with van der Waals surface area (Å²) in [5.41, 5.74) is 9.00. The molecule has 1 aromatic rings. The number of hydrogen-bond donors (Lipinski definition) is 4. The summed E-state index contributed by atoms with van der Waals surface area (Å²) >= 11 is 0. The van der Waals surface area contributed by atoms with E-state index in [1.807, 2.05) is 0 Å². The molecule has 2 saturated carbocycles. The lowest BCUT2D eigenvalue weighted by atomic mass is 9.52. The molecule has 0 aliphatic heterocycles. The van der Waals surface area contributed by atoms with E-state index in [2.05, 4.69) is 0 Å². The van der Waals surface area contributed by atoms with Crippen LogP contribution >= 0.6 is 0 Å². The molecule has 1 amide bonds. The van der Waals surface area contributed by atoms with E-state index in [4.69, 9.17) is 11.5 Å². The molecular weight excluding hydrogens is 418 g/mol. The van der Waals surface area contributed by atoms with Crippen molar-refractivity contribution in [1.29, 1.82) is 0 Å². The summed E-state index contributed by atoms with van der Waals surface area (Å²) in [4.78, 5) is 66.4. The number of primary amides is 1. The molecule has 0 aromatic heterocycles. The zero-order valence-corrected chi connectivity index (χ0v) is 17.7. The Hall–Kier alpha value is -2.95. The monoisotopic (exact) mass is 443 g/mol. The average Bonchev–Trinajstić information content (AvgIpc) is 2.70. The van der Waals surface area contributed by atoms with Gasteiger partial charge >= 0.3 is 0 Å². The number of rotatable bonds is 3. The van der Waals surface area contributed by atoms with Gasteiger partial charge in [0.2, 0.25) is 5.91 Å². The number of ketones is 4. The first-order valence-electron chi connectivity index (χ1n) is 10.3. The second kappa shape index (κ2) is 7.29. The number of phenolic OH excluding ortho intramolecular Hbond substituents is 1. The summed E-state index contributed by atoms with van der Waals surface area (Å²) in [6, 6.07) is 2.17. The second-order valence-electron chi connectivity index (χ2n) is 9.10. The van der Waals surface area contributed by atoms with Gasteiger partial charge in [0.1, 0.15) is 5.75 Å². The van der Waals surface area contributed by atoms with Gasteiger partial charge < -0.3 is 21.7 Å². The van der Waals surface area contributed by atoms with E-state index in [9.17, 15) is 34.2 Å². The minimum absolute atomic E-state index is 0.0220. The van der Waals surface area contributed by atoms with Gasteiger partial charge in [0.25, 0.3) is 0 Å². The molecule has 10 heteroatoms. The Morgan fingerprint density at radius 3 is 2.41 bits per heavy atom. The number of phenols is 1. The fourth-order valence-electron chi connectivity index (χ4n) is 5.79. The minimum atomic E-state index is -2.71. The summed E-state index contributed by atoms with van der Waals surface area (Å²) in [7, 11) is 3.09. The Morgan fingerprint density at radius 1 is 1.19 bits per heavy atom. The highest BCUT2D eigenvalue weighted by molar-refractivity contribution is 6.32. The first-order chi connectivity index (χ1) is 15.0. The smallest absolute Gasteiger partial charge is 0.235 e. The number of aromatic hydroxyl groups is 1. The third kappa shape index (κ3) is 2.73. The van der Waals surface area contributed by atoms with Gasteiger partial charge in [-0.05, 0) is 38.4 Å². The molecule has 4 rings (SSSR count). The fourth-order valence-corrected chi connectivity index (χ4v) is 5.79. The van der Waals surface area contributed by atoms with Crippen molar-refractivity contribution in [3.63, 3.8) is 0 Å². The van der Waals surface area contributed by atoms with Crippen molar-refractivity contribution >= 4 is 29.0 Å². The van der Waals surface area contributed by atoms with Gasteiger partial charge in [0, 0.05) is 18.0 Å². The van der Waals surface area contributed by atoms with Gasteiger partial charge in [-0.15, -0.1) is 0 Å². The quantitative estimate of drug-likeness (QED) is 0.397. The highest BCUT2D eigenvalue weighted by atomic mass is 16.3. The number of fused-ring (bicyclic) bond motifs is 3. The maximum absolute atomic E-state index is 13.6. The maximum atomic E-state index is 13.6. The van der Waals surface area contributed by atoms with Gasteiger partial charge in [-0.3, -0.25) is 28.9 Å². The maximum Gasteiger partial charge on any atom is 0.235 e. The van der Waals surface area contributed by atoms with Crippen molar-refractivity contribution < 1.29 is 34.2 Å². The van der Waals surface area contributed by atoms with Crippen LogP contribution in [0, 0.1) is 23.7 Å². The van der Waals surface area contributed by atoms with Crippen LogP contribution in [0.5, 0.6) is 5.75 Å². The Labute approximate surface area is 183 Å². The minimum Gasteiger partial charge on any atom is -0.507 e. The number of nitrogens with two attached hydrogens (primary N) is 2. The molecule has 10 nitrogen and oxygen atoms in total. The number of amides is 1. The molecular formula is C22H25N3O7. The predicted octanol–water partition coefficient (Wildman–Crippen LogP) is -1.67. The molecule has 3 aliphatic rings. The van der Waals surface area contributed by atoms with Gasteiger partial charge in [0.15, 0.2) is 34.7 Å². The van der Waals surface area contributed by atoms with Crippen molar-refractivity contribution in [2.45, 2.75) is 31.0 Å². The van der Waals surface area contributed by atoms with Crippen LogP contribution < -0.4 is 11.5 Å². The van der Waals surface area contributed by atoms with Crippen LogP contribution in [0.2, 0.25) is 0 Å². The van der Waals surface area contributed by atoms with E-state index in [1.165, 1.54) is 4.90 Å². The molecule has 4 unspecified atom stereocenters. The zero-order chi connectivity index (χ0) is 23.7. The largest absolute Gasteiger partial charge is 0.507 e.